The van der Waals surface area contributed by atoms with E-state index in [9.17, 15) is 14.7 Å². The Kier molecular flexibility index (Phi) is 4.20. The van der Waals surface area contributed by atoms with Crippen LogP contribution in [0.2, 0.25) is 0 Å². The number of likely N-dealkylation sites (tertiary alicyclic amines) is 1. The van der Waals surface area contributed by atoms with E-state index in [2.05, 4.69) is 16.8 Å². The Morgan fingerprint density at radius 2 is 2.24 bits per heavy atom. The summed E-state index contributed by atoms with van der Waals surface area (Å²) in [5.74, 6) is 4.43. The molecule has 7 nitrogen and oxygen atoms in total. The molecule has 5 N–H and O–H groups in total. The third-order valence-corrected chi connectivity index (χ3v) is 4.85. The minimum Gasteiger partial charge on any atom is -0.389 e. The lowest BCUT2D eigenvalue weighted by Gasteiger charge is -2.13. The molecule has 1 unspecified atom stereocenters. The number of anilines is 1. The minimum absolute atomic E-state index is 0.0467. The average molecular weight is 356 g/mol. The lowest BCUT2D eigenvalue weighted by molar-refractivity contribution is -0.137. The van der Waals surface area contributed by atoms with Gasteiger partial charge in [0.1, 0.15) is 10.0 Å². The minimum atomic E-state index is -1.64. The summed E-state index contributed by atoms with van der Waals surface area (Å²) in [5.41, 5.74) is 10.7. The zero-order chi connectivity index (χ0) is 18.2. The van der Waals surface area contributed by atoms with Crippen molar-refractivity contribution in [2.75, 3.05) is 19.3 Å². The molecule has 0 aliphatic carbocycles. The third kappa shape index (κ3) is 3.20. The molecular formula is C17H16N4O3S. The van der Waals surface area contributed by atoms with Crippen molar-refractivity contribution in [3.63, 3.8) is 0 Å². The monoisotopic (exact) mass is 356 g/mol. The van der Waals surface area contributed by atoms with E-state index in [4.69, 9.17) is 11.5 Å². The molecule has 2 aromatic rings. The van der Waals surface area contributed by atoms with E-state index in [1.54, 1.807) is 31.3 Å². The number of rotatable bonds is 2. The van der Waals surface area contributed by atoms with Crippen molar-refractivity contribution in [3.05, 3.63) is 35.5 Å². The van der Waals surface area contributed by atoms with E-state index in [1.807, 2.05) is 0 Å². The maximum absolute atomic E-state index is 11.9. The van der Waals surface area contributed by atoms with Crippen LogP contribution in [-0.2, 0) is 4.79 Å². The molecule has 1 atom stereocenters. The highest BCUT2D eigenvalue weighted by Crippen LogP contribution is 2.30. The number of aromatic nitrogens is 1. The molecule has 3 rings (SSSR count). The summed E-state index contributed by atoms with van der Waals surface area (Å²) < 4.78 is 0. The fourth-order valence-electron chi connectivity index (χ4n) is 2.51. The number of carbonyl (C=O) groups excluding carboxylic acids is 2. The Labute approximate surface area is 148 Å². The number of thiazole rings is 1. The van der Waals surface area contributed by atoms with Crippen LogP contribution in [0, 0.1) is 11.8 Å². The first-order valence-electron chi connectivity index (χ1n) is 7.48. The van der Waals surface area contributed by atoms with Gasteiger partial charge < -0.3 is 21.5 Å². The first kappa shape index (κ1) is 17.0. The number of nitrogens with two attached hydrogens (primary N) is 2. The molecule has 8 heteroatoms. The number of benzene rings is 1. The van der Waals surface area contributed by atoms with Crippen LogP contribution < -0.4 is 11.5 Å². The predicted octanol–water partition coefficient (Wildman–Crippen LogP) is 0.436. The van der Waals surface area contributed by atoms with Gasteiger partial charge in [0.2, 0.25) is 5.60 Å². The quantitative estimate of drug-likeness (QED) is 0.674. The van der Waals surface area contributed by atoms with Gasteiger partial charge in [-0.2, -0.15) is 0 Å². The van der Waals surface area contributed by atoms with E-state index in [0.29, 0.717) is 17.1 Å². The fourth-order valence-corrected chi connectivity index (χ4v) is 3.34. The SMILES string of the molecule is CN1CCC(O)(C#Cc2cccc(-c3nc(C(N)=O)c(N)s3)c2)C1=O. The van der Waals surface area contributed by atoms with Gasteiger partial charge in [0, 0.05) is 31.1 Å². The van der Waals surface area contributed by atoms with Crippen LogP contribution in [0.3, 0.4) is 0 Å². The number of amides is 2. The molecule has 1 aliphatic rings. The normalized spacial score (nSPS) is 19.6. The highest BCUT2D eigenvalue weighted by Gasteiger charge is 2.42. The molecule has 128 valence electrons. The smallest absolute Gasteiger partial charge is 0.270 e. The summed E-state index contributed by atoms with van der Waals surface area (Å²) in [6.45, 7) is 0.471. The first-order valence-corrected chi connectivity index (χ1v) is 8.29. The standard InChI is InChI=1S/C17H16N4O3S/c1-21-8-7-17(24,16(21)23)6-5-10-3-2-4-11(9-10)15-20-12(13(18)22)14(19)25-15/h2-4,9,24H,7-8,19H2,1H3,(H2,18,22). The van der Waals surface area contributed by atoms with Gasteiger partial charge in [-0.1, -0.05) is 35.3 Å². The van der Waals surface area contributed by atoms with Crippen molar-refractivity contribution in [1.82, 2.24) is 9.88 Å². The summed E-state index contributed by atoms with van der Waals surface area (Å²) in [4.78, 5) is 28.8. The van der Waals surface area contributed by atoms with E-state index in [0.717, 1.165) is 16.9 Å². The van der Waals surface area contributed by atoms with Crippen LogP contribution in [0.4, 0.5) is 5.00 Å². The Morgan fingerprint density at radius 3 is 2.84 bits per heavy atom. The number of likely N-dealkylation sites (N-methyl/N-ethyl adjacent to an activating group) is 1. The molecule has 0 saturated carbocycles. The lowest BCUT2D eigenvalue weighted by Crippen LogP contribution is -2.37. The molecular weight excluding hydrogens is 340 g/mol. The van der Waals surface area contributed by atoms with E-state index in [-0.39, 0.29) is 17.1 Å². The molecule has 1 saturated heterocycles. The molecule has 1 aromatic heterocycles. The second-order valence-corrected chi connectivity index (χ2v) is 6.79. The second kappa shape index (κ2) is 6.20. The van der Waals surface area contributed by atoms with Crippen LogP contribution in [0.5, 0.6) is 0 Å². The lowest BCUT2D eigenvalue weighted by atomic mass is 10.0. The van der Waals surface area contributed by atoms with Crippen molar-refractivity contribution >= 4 is 28.2 Å². The second-order valence-electron chi connectivity index (χ2n) is 5.76. The number of primary amides is 1. The number of nitrogen functional groups attached to an aromatic ring is 1. The van der Waals surface area contributed by atoms with Crippen molar-refractivity contribution in [1.29, 1.82) is 0 Å². The van der Waals surface area contributed by atoms with E-state index < -0.39 is 17.4 Å². The van der Waals surface area contributed by atoms with Crippen molar-refractivity contribution in [2.24, 2.45) is 5.73 Å². The summed E-state index contributed by atoms with van der Waals surface area (Å²) in [5, 5.41) is 11.1. The number of aliphatic hydroxyl groups is 1. The Bertz CT molecular complexity index is 927. The molecule has 0 radical (unpaired) electrons. The maximum Gasteiger partial charge on any atom is 0.270 e. The van der Waals surface area contributed by atoms with Crippen LogP contribution in [0.25, 0.3) is 10.6 Å². The number of nitrogens with zero attached hydrogens (tertiary/aromatic N) is 2. The molecule has 25 heavy (non-hydrogen) atoms. The fraction of sp³-hybridized carbons (Fsp3) is 0.235. The highest BCUT2D eigenvalue weighted by atomic mass is 32.1. The Morgan fingerprint density at radius 1 is 1.48 bits per heavy atom. The van der Waals surface area contributed by atoms with Gasteiger partial charge in [0.15, 0.2) is 5.69 Å². The average Bonchev–Trinajstić information content (AvgIpc) is 3.10. The van der Waals surface area contributed by atoms with Crippen LogP contribution in [0.1, 0.15) is 22.5 Å². The van der Waals surface area contributed by atoms with Gasteiger partial charge in [0.05, 0.1) is 0 Å². The zero-order valence-electron chi connectivity index (χ0n) is 13.4. The topological polar surface area (TPSA) is 123 Å². The van der Waals surface area contributed by atoms with Crippen LogP contribution >= 0.6 is 11.3 Å². The molecule has 2 amide bonds. The van der Waals surface area contributed by atoms with Gasteiger partial charge in [-0.15, -0.1) is 0 Å². The summed E-state index contributed by atoms with van der Waals surface area (Å²) in [6, 6.07) is 7.09. The van der Waals surface area contributed by atoms with E-state index >= 15 is 0 Å². The van der Waals surface area contributed by atoms with Gasteiger partial charge >= 0.3 is 0 Å². The first-order chi connectivity index (χ1) is 11.8. The van der Waals surface area contributed by atoms with E-state index in [1.165, 1.54) is 4.90 Å². The summed E-state index contributed by atoms with van der Waals surface area (Å²) in [6.07, 6.45) is 0.278. The molecule has 2 heterocycles. The van der Waals surface area contributed by atoms with Gasteiger partial charge in [-0.25, -0.2) is 4.98 Å². The van der Waals surface area contributed by atoms with Crippen LogP contribution in [0.15, 0.2) is 24.3 Å². The molecule has 1 aliphatic heterocycles. The Balaban J connectivity index is 1.91. The molecule has 1 aromatic carbocycles. The van der Waals surface area contributed by atoms with Gasteiger partial charge in [-0.05, 0) is 12.1 Å². The zero-order valence-corrected chi connectivity index (χ0v) is 14.3. The largest absolute Gasteiger partial charge is 0.389 e. The van der Waals surface area contributed by atoms with Gasteiger partial charge in [0.25, 0.3) is 11.8 Å². The van der Waals surface area contributed by atoms with Crippen molar-refractivity contribution in [2.45, 2.75) is 12.0 Å². The predicted molar refractivity (Wildman–Crippen MR) is 94.6 cm³/mol. The van der Waals surface area contributed by atoms with Crippen LogP contribution in [-0.4, -0.2) is 46.0 Å². The summed E-state index contributed by atoms with van der Waals surface area (Å²) >= 11 is 1.16. The van der Waals surface area contributed by atoms with Gasteiger partial charge in [-0.3, -0.25) is 9.59 Å². The highest BCUT2D eigenvalue weighted by molar-refractivity contribution is 7.19. The maximum atomic E-state index is 11.9. The molecule has 0 spiro atoms. The molecule has 0 bridgehead atoms. The summed E-state index contributed by atoms with van der Waals surface area (Å²) in [7, 11) is 1.63. The van der Waals surface area contributed by atoms with Crippen molar-refractivity contribution in [3.8, 4) is 22.4 Å². The third-order valence-electron chi connectivity index (χ3n) is 3.92. The van der Waals surface area contributed by atoms with Crippen molar-refractivity contribution < 1.29 is 14.7 Å². The Hall–Kier alpha value is -2.89. The number of carbonyl (C=O) groups is 2. The number of hydrogen-bond donors (Lipinski definition) is 3. The molecule has 1 fully saturated rings. The number of hydrogen-bond acceptors (Lipinski definition) is 6.